The van der Waals surface area contributed by atoms with Crippen molar-refractivity contribution in [3.05, 3.63) is 54.1 Å². The van der Waals surface area contributed by atoms with Crippen LogP contribution in [0, 0.1) is 6.92 Å². The summed E-state index contributed by atoms with van der Waals surface area (Å²) in [4.78, 5) is 4.28. The first-order valence-corrected chi connectivity index (χ1v) is 6.57. The second-order valence-corrected chi connectivity index (χ2v) is 5.13. The highest BCUT2D eigenvalue weighted by Gasteiger charge is 2.16. The minimum absolute atomic E-state index is 0.392. The summed E-state index contributed by atoms with van der Waals surface area (Å²) < 4.78 is 1.96. The Kier molecular flexibility index (Phi) is 2.82. The Morgan fingerprint density at radius 2 is 2.00 bits per heavy atom. The molecular weight excluding hydrogens is 234 g/mol. The molecule has 0 aliphatic heterocycles. The van der Waals surface area contributed by atoms with E-state index in [1.165, 1.54) is 11.1 Å². The van der Waals surface area contributed by atoms with E-state index >= 15 is 0 Å². The molecule has 3 nitrogen and oxygen atoms in total. The topological polar surface area (TPSA) is 30.2 Å². The zero-order valence-corrected chi connectivity index (χ0v) is 11.5. The lowest BCUT2D eigenvalue weighted by Gasteiger charge is -2.06. The van der Waals surface area contributed by atoms with Gasteiger partial charge in [-0.15, -0.1) is 0 Å². The van der Waals surface area contributed by atoms with E-state index in [0.29, 0.717) is 5.92 Å². The largest absolute Gasteiger partial charge is 0.262 e. The van der Waals surface area contributed by atoms with E-state index in [9.17, 15) is 0 Å². The third kappa shape index (κ3) is 2.01. The summed E-state index contributed by atoms with van der Waals surface area (Å²) in [7, 11) is 0. The third-order valence-electron chi connectivity index (χ3n) is 3.30. The normalized spacial score (nSPS) is 11.4. The van der Waals surface area contributed by atoms with Gasteiger partial charge in [0.15, 0.2) is 0 Å². The first-order valence-electron chi connectivity index (χ1n) is 6.57. The number of aromatic nitrogens is 3. The summed E-state index contributed by atoms with van der Waals surface area (Å²) in [6, 6.07) is 10.4. The third-order valence-corrected chi connectivity index (χ3v) is 3.30. The van der Waals surface area contributed by atoms with Gasteiger partial charge >= 0.3 is 0 Å². The second-order valence-electron chi connectivity index (χ2n) is 5.13. The summed E-state index contributed by atoms with van der Waals surface area (Å²) >= 11 is 0. The Hall–Kier alpha value is -2.16. The Morgan fingerprint density at radius 1 is 1.16 bits per heavy atom. The van der Waals surface area contributed by atoms with Gasteiger partial charge in [0.2, 0.25) is 0 Å². The molecule has 3 aromatic heterocycles. The summed E-state index contributed by atoms with van der Waals surface area (Å²) in [5, 5.41) is 4.71. The van der Waals surface area contributed by atoms with Crippen molar-refractivity contribution in [3.8, 4) is 11.1 Å². The van der Waals surface area contributed by atoms with E-state index in [4.69, 9.17) is 5.10 Å². The van der Waals surface area contributed by atoms with Gasteiger partial charge in [-0.3, -0.25) is 4.98 Å². The predicted molar refractivity (Wildman–Crippen MR) is 77.2 cm³/mol. The molecule has 3 heteroatoms. The Morgan fingerprint density at radius 3 is 2.74 bits per heavy atom. The molecule has 0 bridgehead atoms. The number of hydrogen-bond donors (Lipinski definition) is 0. The lowest BCUT2D eigenvalue weighted by Crippen LogP contribution is -1.92. The van der Waals surface area contributed by atoms with Crippen LogP contribution in [0.2, 0.25) is 0 Å². The molecule has 0 amide bonds. The van der Waals surface area contributed by atoms with Crippen molar-refractivity contribution < 1.29 is 0 Å². The fraction of sp³-hybridized carbons (Fsp3) is 0.250. The van der Waals surface area contributed by atoms with Crippen molar-refractivity contribution in [3.63, 3.8) is 0 Å². The van der Waals surface area contributed by atoms with Gasteiger partial charge in [-0.2, -0.15) is 5.10 Å². The maximum Gasteiger partial charge on any atom is 0.0743 e. The van der Waals surface area contributed by atoms with Gasteiger partial charge in [-0.05, 0) is 42.7 Å². The fourth-order valence-electron chi connectivity index (χ4n) is 2.42. The molecule has 3 aromatic rings. The van der Waals surface area contributed by atoms with E-state index in [1.807, 2.05) is 29.9 Å². The summed E-state index contributed by atoms with van der Waals surface area (Å²) in [6.07, 6.45) is 3.86. The van der Waals surface area contributed by atoms with Crippen molar-refractivity contribution in [1.82, 2.24) is 14.6 Å². The number of nitrogens with zero attached hydrogens (tertiary/aromatic N) is 3. The highest BCUT2D eigenvalue weighted by molar-refractivity contribution is 5.82. The molecule has 0 spiro atoms. The van der Waals surface area contributed by atoms with Crippen molar-refractivity contribution in [2.75, 3.05) is 0 Å². The Labute approximate surface area is 112 Å². The summed E-state index contributed by atoms with van der Waals surface area (Å²) in [6.45, 7) is 6.38. The van der Waals surface area contributed by atoms with Crippen molar-refractivity contribution >= 4 is 5.52 Å². The average molecular weight is 251 g/mol. The molecule has 3 rings (SSSR count). The minimum atomic E-state index is 0.392. The van der Waals surface area contributed by atoms with Crippen LogP contribution in [0.15, 0.2) is 42.7 Å². The molecular formula is C16H17N3. The molecule has 0 aliphatic rings. The SMILES string of the molecule is Cc1cc(-c2c(C(C)C)nn3ccccc23)ccn1. The van der Waals surface area contributed by atoms with E-state index in [0.717, 1.165) is 16.9 Å². The van der Waals surface area contributed by atoms with Crippen molar-refractivity contribution in [1.29, 1.82) is 0 Å². The molecule has 3 heterocycles. The molecule has 0 fully saturated rings. The molecule has 0 unspecified atom stereocenters. The molecule has 0 N–H and O–H groups in total. The molecule has 0 radical (unpaired) electrons. The zero-order chi connectivity index (χ0) is 13.4. The Balaban J connectivity index is 2.34. The van der Waals surface area contributed by atoms with E-state index in [1.54, 1.807) is 0 Å². The van der Waals surface area contributed by atoms with Crippen LogP contribution in [0.1, 0.15) is 31.2 Å². The number of pyridine rings is 2. The average Bonchev–Trinajstić information content (AvgIpc) is 2.78. The standard InChI is InChI=1S/C16H17N3/c1-11(2)16-15(13-7-8-17-12(3)10-13)14-6-4-5-9-19(14)18-16/h4-11H,1-3H3. The van der Waals surface area contributed by atoms with E-state index < -0.39 is 0 Å². The van der Waals surface area contributed by atoms with Crippen LogP contribution < -0.4 is 0 Å². The number of aryl methyl sites for hydroxylation is 1. The van der Waals surface area contributed by atoms with Gasteiger partial charge < -0.3 is 0 Å². The zero-order valence-electron chi connectivity index (χ0n) is 11.5. The van der Waals surface area contributed by atoms with Crippen LogP contribution in [0.5, 0.6) is 0 Å². The molecule has 0 saturated heterocycles. The highest BCUT2D eigenvalue weighted by Crippen LogP contribution is 2.32. The lowest BCUT2D eigenvalue weighted by atomic mass is 9.98. The molecule has 0 aliphatic carbocycles. The molecule has 0 aromatic carbocycles. The van der Waals surface area contributed by atoms with Gasteiger partial charge in [0.1, 0.15) is 0 Å². The van der Waals surface area contributed by atoms with Crippen LogP contribution in [-0.4, -0.2) is 14.6 Å². The summed E-state index contributed by atoms with van der Waals surface area (Å²) in [5.74, 6) is 0.392. The van der Waals surface area contributed by atoms with Gasteiger partial charge in [-0.1, -0.05) is 19.9 Å². The van der Waals surface area contributed by atoms with Crippen molar-refractivity contribution in [2.45, 2.75) is 26.7 Å². The first kappa shape index (κ1) is 11.9. The van der Waals surface area contributed by atoms with Crippen LogP contribution in [0.25, 0.3) is 16.6 Å². The molecule has 0 atom stereocenters. The van der Waals surface area contributed by atoms with Crippen LogP contribution in [-0.2, 0) is 0 Å². The monoisotopic (exact) mass is 251 g/mol. The van der Waals surface area contributed by atoms with Crippen LogP contribution in [0.4, 0.5) is 0 Å². The van der Waals surface area contributed by atoms with Gasteiger partial charge in [0.25, 0.3) is 0 Å². The lowest BCUT2D eigenvalue weighted by molar-refractivity contribution is 0.789. The maximum atomic E-state index is 4.71. The number of rotatable bonds is 2. The molecule has 0 saturated carbocycles. The maximum absolute atomic E-state index is 4.71. The quantitative estimate of drug-likeness (QED) is 0.693. The van der Waals surface area contributed by atoms with Crippen LogP contribution in [0.3, 0.4) is 0 Å². The molecule has 96 valence electrons. The second kappa shape index (κ2) is 4.50. The van der Waals surface area contributed by atoms with Gasteiger partial charge in [-0.25, -0.2) is 4.52 Å². The Bertz CT molecular complexity index is 726. The first-order chi connectivity index (χ1) is 9.16. The predicted octanol–water partition coefficient (Wildman–Crippen LogP) is 3.83. The fourth-order valence-corrected chi connectivity index (χ4v) is 2.42. The van der Waals surface area contributed by atoms with Crippen LogP contribution >= 0.6 is 0 Å². The summed E-state index contributed by atoms with van der Waals surface area (Å²) in [5.41, 5.74) is 5.73. The van der Waals surface area contributed by atoms with E-state index in [-0.39, 0.29) is 0 Å². The number of fused-ring (bicyclic) bond motifs is 1. The van der Waals surface area contributed by atoms with Crippen molar-refractivity contribution in [2.24, 2.45) is 0 Å². The smallest absolute Gasteiger partial charge is 0.0743 e. The van der Waals surface area contributed by atoms with Gasteiger partial charge in [0.05, 0.1) is 11.2 Å². The minimum Gasteiger partial charge on any atom is -0.262 e. The van der Waals surface area contributed by atoms with Gasteiger partial charge in [0, 0.05) is 23.7 Å². The molecule has 19 heavy (non-hydrogen) atoms. The van der Waals surface area contributed by atoms with E-state index in [2.05, 4.69) is 43.1 Å². The number of hydrogen-bond acceptors (Lipinski definition) is 2. The highest BCUT2D eigenvalue weighted by atomic mass is 15.2.